The molecule has 0 saturated carbocycles. The molecule has 2 aromatic carbocycles. The maximum Gasteiger partial charge on any atom is 0.340 e. The van der Waals surface area contributed by atoms with Crippen molar-refractivity contribution in [1.29, 1.82) is 0 Å². The Hall–Kier alpha value is -3.61. The molecule has 2 N–H and O–H groups in total. The highest BCUT2D eigenvalue weighted by Gasteiger charge is 2.46. The van der Waals surface area contributed by atoms with Crippen LogP contribution in [-0.4, -0.2) is 40.3 Å². The van der Waals surface area contributed by atoms with E-state index in [0.717, 1.165) is 16.5 Å². The van der Waals surface area contributed by atoms with Crippen molar-refractivity contribution in [1.82, 2.24) is 15.2 Å². The maximum atomic E-state index is 12.9. The average Bonchev–Trinajstić information content (AvgIpc) is 3.44. The van der Waals surface area contributed by atoms with E-state index in [2.05, 4.69) is 10.3 Å². The van der Waals surface area contributed by atoms with Gasteiger partial charge < -0.3 is 15.0 Å². The summed E-state index contributed by atoms with van der Waals surface area (Å²) in [4.78, 5) is 42.3. The summed E-state index contributed by atoms with van der Waals surface area (Å²) < 4.78 is 5.46. The number of amides is 2. The fourth-order valence-corrected chi connectivity index (χ4v) is 4.36. The Morgan fingerprint density at radius 1 is 1.13 bits per heavy atom. The summed E-state index contributed by atoms with van der Waals surface area (Å²) in [5, 5.41) is 4.09. The number of para-hydroxylation sites is 1. The number of rotatable bonds is 5. The standard InChI is InChI=1S/C23H21N3O4/c27-20-10-9-19(26(20)22-16-6-1-2-7-17(16)23(29)30-22)21(28)24-12-11-14-13-25-18-8-4-3-5-15(14)18/h1-8,13,19,22,25H,9-12H2,(H,24,28)/t19-,22+/m1/s1. The molecule has 0 bridgehead atoms. The molecule has 1 aromatic heterocycles. The first-order chi connectivity index (χ1) is 14.6. The van der Waals surface area contributed by atoms with E-state index in [9.17, 15) is 14.4 Å². The third-order valence-corrected chi connectivity index (χ3v) is 5.84. The number of cyclic esters (lactones) is 1. The highest BCUT2D eigenvalue weighted by Crippen LogP contribution is 2.38. The van der Waals surface area contributed by atoms with Gasteiger partial charge in [-0.15, -0.1) is 0 Å². The van der Waals surface area contributed by atoms with Crippen LogP contribution in [-0.2, 0) is 20.7 Å². The number of likely N-dealkylation sites (tertiary alicyclic amines) is 1. The highest BCUT2D eigenvalue weighted by molar-refractivity contribution is 5.96. The molecular weight excluding hydrogens is 382 g/mol. The van der Waals surface area contributed by atoms with E-state index in [0.29, 0.717) is 30.5 Å². The number of H-pyrrole nitrogens is 1. The summed E-state index contributed by atoms with van der Waals surface area (Å²) in [5.41, 5.74) is 3.27. The molecule has 3 aromatic rings. The van der Waals surface area contributed by atoms with Crippen LogP contribution in [0, 0.1) is 0 Å². The number of aromatic amines is 1. The maximum absolute atomic E-state index is 12.9. The molecule has 7 heteroatoms. The number of hydrogen-bond acceptors (Lipinski definition) is 4. The van der Waals surface area contributed by atoms with Gasteiger partial charge in [0, 0.05) is 35.6 Å². The first-order valence-electron chi connectivity index (χ1n) is 10.1. The van der Waals surface area contributed by atoms with Gasteiger partial charge in [0.25, 0.3) is 0 Å². The molecule has 0 aliphatic carbocycles. The predicted octanol–water partition coefficient (Wildman–Crippen LogP) is 2.69. The number of fused-ring (bicyclic) bond motifs is 2. The first kappa shape index (κ1) is 18.4. The van der Waals surface area contributed by atoms with Gasteiger partial charge in [0.2, 0.25) is 18.0 Å². The smallest absolute Gasteiger partial charge is 0.340 e. The number of aromatic nitrogens is 1. The van der Waals surface area contributed by atoms with Crippen molar-refractivity contribution in [3.63, 3.8) is 0 Å². The molecule has 2 amide bonds. The minimum atomic E-state index is -0.840. The number of ether oxygens (including phenoxy) is 1. The lowest BCUT2D eigenvalue weighted by Gasteiger charge is -2.29. The van der Waals surface area contributed by atoms with Crippen LogP contribution in [0.15, 0.2) is 54.7 Å². The molecular formula is C23H21N3O4. The molecule has 0 radical (unpaired) electrons. The van der Waals surface area contributed by atoms with Crippen LogP contribution in [0.3, 0.4) is 0 Å². The number of benzene rings is 2. The average molecular weight is 403 g/mol. The molecule has 3 heterocycles. The molecule has 2 aliphatic rings. The Kier molecular flexibility index (Phi) is 4.50. The lowest BCUT2D eigenvalue weighted by atomic mass is 10.1. The number of nitrogens with one attached hydrogen (secondary N) is 2. The Balaban J connectivity index is 1.28. The molecule has 30 heavy (non-hydrogen) atoms. The summed E-state index contributed by atoms with van der Waals surface area (Å²) in [7, 11) is 0. The van der Waals surface area contributed by atoms with E-state index in [4.69, 9.17) is 4.74 Å². The van der Waals surface area contributed by atoms with Crippen LogP contribution in [0.1, 0.15) is 40.6 Å². The molecule has 0 spiro atoms. The minimum absolute atomic E-state index is 0.179. The third-order valence-electron chi connectivity index (χ3n) is 5.84. The molecule has 2 atom stereocenters. The number of hydrogen-bond donors (Lipinski definition) is 2. The lowest BCUT2D eigenvalue weighted by Crippen LogP contribution is -2.46. The summed E-state index contributed by atoms with van der Waals surface area (Å²) >= 11 is 0. The Bertz CT molecular complexity index is 1150. The summed E-state index contributed by atoms with van der Waals surface area (Å²) in [6.07, 6.45) is 2.47. The van der Waals surface area contributed by atoms with Crippen LogP contribution in [0.5, 0.6) is 0 Å². The summed E-state index contributed by atoms with van der Waals surface area (Å²) in [6, 6.07) is 14.4. The van der Waals surface area contributed by atoms with Crippen molar-refractivity contribution < 1.29 is 19.1 Å². The number of nitrogens with zero attached hydrogens (tertiary/aromatic N) is 1. The molecule has 5 rings (SSSR count). The monoisotopic (exact) mass is 403 g/mol. The number of carbonyl (C=O) groups is 3. The van der Waals surface area contributed by atoms with Gasteiger partial charge in [0.05, 0.1) is 5.56 Å². The van der Waals surface area contributed by atoms with Crippen LogP contribution in [0.2, 0.25) is 0 Å². The topological polar surface area (TPSA) is 91.5 Å². The number of esters is 1. The van der Waals surface area contributed by atoms with Gasteiger partial charge in [-0.25, -0.2) is 4.79 Å². The second-order valence-electron chi connectivity index (χ2n) is 7.60. The minimum Gasteiger partial charge on any atom is -0.433 e. The quantitative estimate of drug-likeness (QED) is 0.641. The van der Waals surface area contributed by atoms with Gasteiger partial charge in [-0.05, 0) is 30.5 Å². The van der Waals surface area contributed by atoms with E-state index in [1.165, 1.54) is 4.90 Å². The lowest BCUT2D eigenvalue weighted by molar-refractivity contribution is -0.145. The Morgan fingerprint density at radius 3 is 2.83 bits per heavy atom. The van der Waals surface area contributed by atoms with Gasteiger partial charge in [-0.2, -0.15) is 0 Å². The first-order valence-corrected chi connectivity index (χ1v) is 10.1. The zero-order chi connectivity index (χ0) is 20.7. The number of carbonyl (C=O) groups excluding carboxylic acids is 3. The van der Waals surface area contributed by atoms with Crippen LogP contribution >= 0.6 is 0 Å². The van der Waals surface area contributed by atoms with Crippen molar-refractivity contribution in [2.45, 2.75) is 31.5 Å². The molecule has 0 unspecified atom stereocenters. The van der Waals surface area contributed by atoms with Crippen LogP contribution in [0.4, 0.5) is 0 Å². The van der Waals surface area contributed by atoms with Gasteiger partial charge >= 0.3 is 5.97 Å². The fourth-order valence-electron chi connectivity index (χ4n) is 4.36. The van der Waals surface area contributed by atoms with Gasteiger partial charge in [0.15, 0.2) is 0 Å². The van der Waals surface area contributed by atoms with Crippen molar-refractivity contribution >= 4 is 28.7 Å². The van der Waals surface area contributed by atoms with Crippen molar-refractivity contribution in [3.05, 3.63) is 71.4 Å². The van der Waals surface area contributed by atoms with Gasteiger partial charge in [-0.1, -0.05) is 36.4 Å². The van der Waals surface area contributed by atoms with Gasteiger partial charge in [0.1, 0.15) is 6.04 Å². The van der Waals surface area contributed by atoms with E-state index in [1.54, 1.807) is 24.3 Å². The van der Waals surface area contributed by atoms with Crippen LogP contribution < -0.4 is 5.32 Å². The third kappa shape index (κ3) is 3.03. The van der Waals surface area contributed by atoms with E-state index >= 15 is 0 Å². The highest BCUT2D eigenvalue weighted by atomic mass is 16.6. The fraction of sp³-hybridized carbons (Fsp3) is 0.261. The summed E-state index contributed by atoms with van der Waals surface area (Å²) in [5.74, 6) is -0.865. The predicted molar refractivity (Wildman–Crippen MR) is 109 cm³/mol. The molecule has 7 nitrogen and oxygen atoms in total. The van der Waals surface area contributed by atoms with Crippen molar-refractivity contribution in [2.75, 3.05) is 6.54 Å². The molecule has 1 saturated heterocycles. The molecule has 2 aliphatic heterocycles. The van der Waals surface area contributed by atoms with E-state index in [1.807, 2.05) is 30.5 Å². The second-order valence-corrected chi connectivity index (χ2v) is 7.60. The largest absolute Gasteiger partial charge is 0.433 e. The van der Waals surface area contributed by atoms with E-state index in [-0.39, 0.29) is 18.2 Å². The zero-order valence-electron chi connectivity index (χ0n) is 16.3. The zero-order valence-corrected chi connectivity index (χ0v) is 16.3. The van der Waals surface area contributed by atoms with Gasteiger partial charge in [-0.3, -0.25) is 14.5 Å². The van der Waals surface area contributed by atoms with Crippen molar-refractivity contribution in [3.8, 4) is 0 Å². The Labute approximate surface area is 173 Å². The normalized spacial score (nSPS) is 20.5. The summed E-state index contributed by atoms with van der Waals surface area (Å²) in [6.45, 7) is 0.459. The van der Waals surface area contributed by atoms with E-state index < -0.39 is 18.2 Å². The molecule has 1 fully saturated rings. The molecule has 152 valence electrons. The second kappa shape index (κ2) is 7.33. The van der Waals surface area contributed by atoms with Crippen LogP contribution in [0.25, 0.3) is 10.9 Å². The van der Waals surface area contributed by atoms with Crippen molar-refractivity contribution in [2.24, 2.45) is 0 Å². The Morgan fingerprint density at radius 2 is 1.93 bits per heavy atom. The SMILES string of the molecule is O=C1O[C@H](N2C(=O)CC[C@@H]2C(=O)NCCc2c[nH]c3ccccc23)c2ccccc21.